The van der Waals surface area contributed by atoms with Gasteiger partial charge in [-0.05, 0) is 38.0 Å². The monoisotopic (exact) mass is 300 g/mol. The van der Waals surface area contributed by atoms with Gasteiger partial charge in [-0.1, -0.05) is 25.5 Å². The first-order chi connectivity index (χ1) is 8.99. The van der Waals surface area contributed by atoms with Crippen LogP contribution in [0, 0.1) is 0 Å². The maximum Gasteiger partial charge on any atom is 0.244 e. The third kappa shape index (κ3) is 5.90. The van der Waals surface area contributed by atoms with Gasteiger partial charge < -0.3 is 15.8 Å². The van der Waals surface area contributed by atoms with Crippen molar-refractivity contribution in [3.63, 3.8) is 0 Å². The van der Waals surface area contributed by atoms with Crippen LogP contribution in [0.5, 0.6) is 0 Å². The lowest BCUT2D eigenvalue weighted by Gasteiger charge is -2.23. The van der Waals surface area contributed by atoms with Gasteiger partial charge in [-0.2, -0.15) is 0 Å². The number of anilines is 1. The van der Waals surface area contributed by atoms with Gasteiger partial charge in [0.1, 0.15) is 0 Å². The molecule has 0 aliphatic heterocycles. The van der Waals surface area contributed by atoms with Gasteiger partial charge in [0, 0.05) is 12.3 Å². The van der Waals surface area contributed by atoms with Gasteiger partial charge in [0.05, 0.1) is 12.1 Å². The molecule has 0 radical (unpaired) electrons. The Balaban J connectivity index is 0.00000361. The Morgan fingerprint density at radius 2 is 2.10 bits per heavy atom. The summed E-state index contributed by atoms with van der Waals surface area (Å²) in [5, 5.41) is 2.86. The zero-order valence-electron chi connectivity index (χ0n) is 12.4. The van der Waals surface area contributed by atoms with Gasteiger partial charge in [0.15, 0.2) is 0 Å². The molecule has 3 N–H and O–H groups in total. The third-order valence-electron chi connectivity index (χ3n) is 2.95. The van der Waals surface area contributed by atoms with E-state index in [1.807, 2.05) is 38.1 Å². The lowest BCUT2D eigenvalue weighted by molar-refractivity contribution is -0.120. The van der Waals surface area contributed by atoms with Crippen molar-refractivity contribution in [2.75, 3.05) is 11.9 Å². The fourth-order valence-electron chi connectivity index (χ4n) is 1.87. The normalized spacial score (nSPS) is 13.2. The fourth-order valence-corrected chi connectivity index (χ4v) is 1.87. The highest BCUT2D eigenvalue weighted by molar-refractivity contribution is 5.97. The molecule has 0 saturated heterocycles. The Hall–Kier alpha value is -1.10. The molecule has 1 rings (SSSR count). The molecule has 5 heteroatoms. The number of ether oxygens (including phenoxy) is 1. The molecule has 4 nitrogen and oxygen atoms in total. The van der Waals surface area contributed by atoms with Crippen molar-refractivity contribution in [1.82, 2.24) is 0 Å². The van der Waals surface area contributed by atoms with Crippen molar-refractivity contribution in [3.05, 3.63) is 29.8 Å². The Labute approximate surface area is 127 Å². The van der Waals surface area contributed by atoms with Crippen LogP contribution < -0.4 is 11.1 Å². The highest BCUT2D eigenvalue weighted by Crippen LogP contribution is 2.15. The largest absolute Gasteiger partial charge is 0.377 e. The van der Waals surface area contributed by atoms with Crippen LogP contribution in [0.15, 0.2) is 24.3 Å². The molecule has 0 spiro atoms. The maximum absolute atomic E-state index is 12.1. The highest BCUT2D eigenvalue weighted by Gasteiger charge is 2.27. The van der Waals surface area contributed by atoms with Gasteiger partial charge in [0.25, 0.3) is 0 Å². The fraction of sp³-hybridized carbons (Fsp3) is 0.533. The van der Waals surface area contributed by atoms with E-state index in [1.54, 1.807) is 6.92 Å². The van der Waals surface area contributed by atoms with Crippen LogP contribution in [-0.4, -0.2) is 18.1 Å². The number of hydrogen-bond donors (Lipinski definition) is 2. The Bertz CT molecular complexity index is 422. The minimum absolute atomic E-state index is 0. The van der Waals surface area contributed by atoms with E-state index in [4.69, 9.17) is 10.5 Å². The number of rotatable bonds is 7. The molecular weight excluding hydrogens is 276 g/mol. The number of benzene rings is 1. The summed E-state index contributed by atoms with van der Waals surface area (Å²) in [6, 6.07) is 7.64. The second-order valence-electron chi connectivity index (χ2n) is 4.96. The number of halogens is 1. The Kier molecular flexibility index (Phi) is 8.46. The van der Waals surface area contributed by atoms with Gasteiger partial charge in [0.2, 0.25) is 5.91 Å². The summed E-state index contributed by atoms with van der Waals surface area (Å²) in [7, 11) is 0. The van der Waals surface area contributed by atoms with Crippen molar-refractivity contribution >= 4 is 24.0 Å². The van der Waals surface area contributed by atoms with Crippen LogP contribution in [0.1, 0.15) is 39.2 Å². The molecule has 0 bridgehead atoms. The second-order valence-corrected chi connectivity index (χ2v) is 4.96. The number of carbonyl (C=O) groups excluding carboxylic acids is 1. The van der Waals surface area contributed by atoms with E-state index >= 15 is 0 Å². The standard InChI is InChI=1S/C15H24N2O2.ClH/c1-4-9-15(3,16)14(18)17-13-8-6-7-12(10-13)11-19-5-2;/h6-8,10H,4-5,9,11,16H2,1-3H3,(H,17,18);1H. The van der Waals surface area contributed by atoms with Crippen LogP contribution in [0.2, 0.25) is 0 Å². The lowest BCUT2D eigenvalue weighted by atomic mass is 9.96. The molecule has 0 saturated carbocycles. The van der Waals surface area contributed by atoms with Gasteiger partial charge >= 0.3 is 0 Å². The minimum Gasteiger partial charge on any atom is -0.377 e. The predicted octanol–water partition coefficient (Wildman–Crippen LogP) is 3.10. The molecule has 1 atom stereocenters. The van der Waals surface area contributed by atoms with Crippen LogP contribution in [0.4, 0.5) is 5.69 Å². The molecule has 20 heavy (non-hydrogen) atoms. The van der Waals surface area contributed by atoms with Crippen molar-refractivity contribution in [3.8, 4) is 0 Å². The van der Waals surface area contributed by atoms with Gasteiger partial charge in [-0.15, -0.1) is 12.4 Å². The molecule has 0 aliphatic carbocycles. The van der Waals surface area contributed by atoms with E-state index in [9.17, 15) is 4.79 Å². The number of hydrogen-bond acceptors (Lipinski definition) is 3. The molecule has 0 fully saturated rings. The molecule has 1 aromatic carbocycles. The summed E-state index contributed by atoms with van der Waals surface area (Å²) in [5.41, 5.74) is 6.97. The average Bonchev–Trinajstić information content (AvgIpc) is 2.36. The van der Waals surface area contributed by atoms with Crippen molar-refractivity contribution in [2.45, 2.75) is 45.8 Å². The summed E-state index contributed by atoms with van der Waals surface area (Å²) in [6.45, 7) is 6.95. The highest BCUT2D eigenvalue weighted by atomic mass is 35.5. The zero-order valence-corrected chi connectivity index (χ0v) is 13.3. The van der Waals surface area contributed by atoms with Crippen molar-refractivity contribution in [1.29, 1.82) is 0 Å². The lowest BCUT2D eigenvalue weighted by Crippen LogP contribution is -2.48. The van der Waals surface area contributed by atoms with Crippen LogP contribution in [0.3, 0.4) is 0 Å². The van der Waals surface area contributed by atoms with Crippen LogP contribution in [0.25, 0.3) is 0 Å². The molecule has 1 aromatic rings. The second kappa shape index (κ2) is 8.95. The first-order valence-electron chi connectivity index (χ1n) is 6.76. The van der Waals surface area contributed by atoms with E-state index in [2.05, 4.69) is 5.32 Å². The first kappa shape index (κ1) is 18.9. The van der Waals surface area contributed by atoms with E-state index in [0.29, 0.717) is 19.6 Å². The summed E-state index contributed by atoms with van der Waals surface area (Å²) in [4.78, 5) is 12.1. The molecule has 1 unspecified atom stereocenters. The minimum atomic E-state index is -0.829. The molecule has 0 aromatic heterocycles. The summed E-state index contributed by atoms with van der Waals surface area (Å²) < 4.78 is 5.35. The average molecular weight is 301 g/mol. The predicted molar refractivity (Wildman–Crippen MR) is 85.2 cm³/mol. The van der Waals surface area contributed by atoms with Crippen LogP contribution >= 0.6 is 12.4 Å². The molecular formula is C15H25ClN2O2. The molecule has 1 amide bonds. The SMILES string of the molecule is CCCC(C)(N)C(=O)Nc1cccc(COCC)c1.Cl. The smallest absolute Gasteiger partial charge is 0.244 e. The summed E-state index contributed by atoms with van der Waals surface area (Å²) >= 11 is 0. The zero-order chi connectivity index (χ0) is 14.3. The van der Waals surface area contributed by atoms with E-state index in [0.717, 1.165) is 17.7 Å². The molecule has 0 heterocycles. The number of carbonyl (C=O) groups is 1. The summed E-state index contributed by atoms with van der Waals surface area (Å²) in [5.74, 6) is -0.150. The first-order valence-corrected chi connectivity index (χ1v) is 6.76. The van der Waals surface area contributed by atoms with E-state index in [1.165, 1.54) is 0 Å². The summed E-state index contributed by atoms with van der Waals surface area (Å²) in [6.07, 6.45) is 1.54. The number of nitrogens with one attached hydrogen (secondary N) is 1. The van der Waals surface area contributed by atoms with Gasteiger partial charge in [-0.25, -0.2) is 0 Å². The van der Waals surface area contributed by atoms with Crippen LogP contribution in [-0.2, 0) is 16.1 Å². The molecule has 114 valence electrons. The maximum atomic E-state index is 12.1. The van der Waals surface area contributed by atoms with E-state index < -0.39 is 5.54 Å². The van der Waals surface area contributed by atoms with E-state index in [-0.39, 0.29) is 18.3 Å². The number of nitrogens with two attached hydrogens (primary N) is 1. The van der Waals surface area contributed by atoms with Crippen molar-refractivity contribution in [2.24, 2.45) is 5.73 Å². The number of amides is 1. The Morgan fingerprint density at radius 3 is 2.70 bits per heavy atom. The Morgan fingerprint density at radius 1 is 1.40 bits per heavy atom. The third-order valence-corrected chi connectivity index (χ3v) is 2.95. The topological polar surface area (TPSA) is 64.4 Å². The molecule has 0 aliphatic rings. The van der Waals surface area contributed by atoms with Gasteiger partial charge in [-0.3, -0.25) is 4.79 Å². The quantitative estimate of drug-likeness (QED) is 0.813. The van der Waals surface area contributed by atoms with Crippen molar-refractivity contribution < 1.29 is 9.53 Å².